The lowest BCUT2D eigenvalue weighted by atomic mass is 10.1. The van der Waals surface area contributed by atoms with Crippen molar-refractivity contribution in [2.75, 3.05) is 18.9 Å². The van der Waals surface area contributed by atoms with Gasteiger partial charge in [-0.3, -0.25) is 19.8 Å². The molecule has 0 aliphatic carbocycles. The van der Waals surface area contributed by atoms with Crippen LogP contribution in [-0.2, 0) is 4.79 Å². The summed E-state index contributed by atoms with van der Waals surface area (Å²) in [6.07, 6.45) is 0. The molecule has 8 nitrogen and oxygen atoms in total. The van der Waals surface area contributed by atoms with E-state index in [-0.39, 0.29) is 24.2 Å². The number of amides is 1. The third kappa shape index (κ3) is 4.55. The Morgan fingerprint density at radius 1 is 1.20 bits per heavy atom. The van der Waals surface area contributed by atoms with Crippen LogP contribution in [-0.4, -0.2) is 39.1 Å². The van der Waals surface area contributed by atoms with E-state index in [4.69, 9.17) is 0 Å². The molecule has 1 heterocycles. The van der Waals surface area contributed by atoms with E-state index in [9.17, 15) is 14.9 Å². The Kier molecular flexibility index (Phi) is 6.27. The van der Waals surface area contributed by atoms with E-state index in [0.29, 0.717) is 5.69 Å². The van der Waals surface area contributed by atoms with Crippen molar-refractivity contribution < 1.29 is 9.72 Å². The van der Waals surface area contributed by atoms with Crippen molar-refractivity contribution in [1.29, 1.82) is 0 Å². The van der Waals surface area contributed by atoms with Crippen molar-refractivity contribution in [3.63, 3.8) is 0 Å². The molecule has 1 amide bonds. The minimum Gasteiger partial charge on any atom is -0.322 e. The summed E-state index contributed by atoms with van der Waals surface area (Å²) in [5, 5.41) is 18.5. The molecule has 30 heavy (non-hydrogen) atoms. The standard InChI is InChI=1S/C22H25N5O3/c1-15-22(17(3)26(24-15)19-10-6-5-7-11-19)23-21(28)14-25(4)16(2)18-9-8-12-20(13-18)27(29)30/h5-13,16H,14H2,1-4H3,(H,23,28)/t16-/m1/s1. The maximum absolute atomic E-state index is 12.7. The van der Waals surface area contributed by atoms with Gasteiger partial charge >= 0.3 is 0 Å². The van der Waals surface area contributed by atoms with Crippen LogP contribution in [0.2, 0.25) is 0 Å². The first-order valence-electron chi connectivity index (χ1n) is 9.64. The smallest absolute Gasteiger partial charge is 0.269 e. The van der Waals surface area contributed by atoms with Gasteiger partial charge in [-0.15, -0.1) is 0 Å². The van der Waals surface area contributed by atoms with E-state index in [0.717, 1.165) is 22.6 Å². The number of likely N-dealkylation sites (N-methyl/N-ethyl adjacent to an activating group) is 1. The Hall–Kier alpha value is -3.52. The fourth-order valence-electron chi connectivity index (χ4n) is 3.34. The third-order valence-electron chi connectivity index (χ3n) is 5.17. The van der Waals surface area contributed by atoms with Crippen LogP contribution in [0.15, 0.2) is 54.6 Å². The monoisotopic (exact) mass is 407 g/mol. The molecule has 0 spiro atoms. The number of carbonyl (C=O) groups is 1. The molecule has 1 aromatic heterocycles. The number of para-hydroxylation sites is 1. The molecule has 0 radical (unpaired) electrons. The first-order chi connectivity index (χ1) is 14.3. The van der Waals surface area contributed by atoms with Crippen molar-refractivity contribution in [2.24, 2.45) is 0 Å². The summed E-state index contributed by atoms with van der Waals surface area (Å²) in [6, 6.07) is 16.0. The highest BCUT2D eigenvalue weighted by Crippen LogP contribution is 2.25. The number of non-ortho nitro benzene ring substituents is 1. The Labute approximate surface area is 175 Å². The van der Waals surface area contributed by atoms with Gasteiger partial charge in [-0.2, -0.15) is 5.10 Å². The van der Waals surface area contributed by atoms with Crippen LogP contribution in [0, 0.1) is 24.0 Å². The lowest BCUT2D eigenvalue weighted by Crippen LogP contribution is -2.32. The second-order valence-corrected chi connectivity index (χ2v) is 7.28. The van der Waals surface area contributed by atoms with Crippen LogP contribution in [0.4, 0.5) is 11.4 Å². The van der Waals surface area contributed by atoms with Gasteiger partial charge in [-0.1, -0.05) is 30.3 Å². The number of hydrogen-bond donors (Lipinski definition) is 1. The highest BCUT2D eigenvalue weighted by Gasteiger charge is 2.20. The predicted molar refractivity (Wildman–Crippen MR) is 116 cm³/mol. The minimum atomic E-state index is -0.418. The van der Waals surface area contributed by atoms with Gasteiger partial charge in [0.05, 0.1) is 34.2 Å². The van der Waals surface area contributed by atoms with Crippen molar-refractivity contribution in [1.82, 2.24) is 14.7 Å². The van der Waals surface area contributed by atoms with Gasteiger partial charge in [0.15, 0.2) is 0 Å². The molecule has 0 saturated heterocycles. The molecule has 8 heteroatoms. The van der Waals surface area contributed by atoms with Gasteiger partial charge < -0.3 is 5.32 Å². The average Bonchev–Trinajstić information content (AvgIpc) is 3.02. The average molecular weight is 407 g/mol. The molecule has 156 valence electrons. The Morgan fingerprint density at radius 3 is 2.57 bits per heavy atom. The maximum atomic E-state index is 12.7. The zero-order valence-corrected chi connectivity index (χ0v) is 17.5. The van der Waals surface area contributed by atoms with Gasteiger partial charge in [-0.05, 0) is 45.5 Å². The second-order valence-electron chi connectivity index (χ2n) is 7.28. The van der Waals surface area contributed by atoms with Gasteiger partial charge in [0.2, 0.25) is 5.91 Å². The number of anilines is 1. The zero-order valence-electron chi connectivity index (χ0n) is 17.5. The Balaban J connectivity index is 1.70. The quantitative estimate of drug-likeness (QED) is 0.471. The SMILES string of the molecule is Cc1nn(-c2ccccc2)c(C)c1NC(=O)CN(C)[C@H](C)c1cccc([N+](=O)[O-])c1. The van der Waals surface area contributed by atoms with Crippen LogP contribution in [0.1, 0.15) is 29.9 Å². The van der Waals surface area contributed by atoms with Crippen LogP contribution >= 0.6 is 0 Å². The van der Waals surface area contributed by atoms with Crippen LogP contribution < -0.4 is 5.32 Å². The lowest BCUT2D eigenvalue weighted by Gasteiger charge is -2.24. The summed E-state index contributed by atoms with van der Waals surface area (Å²) < 4.78 is 1.81. The Morgan fingerprint density at radius 2 is 1.90 bits per heavy atom. The number of aromatic nitrogens is 2. The highest BCUT2D eigenvalue weighted by atomic mass is 16.6. The van der Waals surface area contributed by atoms with E-state index in [2.05, 4.69) is 10.4 Å². The van der Waals surface area contributed by atoms with Crippen molar-refractivity contribution in [2.45, 2.75) is 26.8 Å². The second kappa shape index (κ2) is 8.87. The number of nitrogens with one attached hydrogen (secondary N) is 1. The molecule has 1 atom stereocenters. The number of nitro groups is 1. The number of hydrogen-bond acceptors (Lipinski definition) is 5. The van der Waals surface area contributed by atoms with E-state index < -0.39 is 4.92 Å². The summed E-state index contributed by atoms with van der Waals surface area (Å²) >= 11 is 0. The summed E-state index contributed by atoms with van der Waals surface area (Å²) in [6.45, 7) is 5.82. The Bertz CT molecular complexity index is 1060. The van der Waals surface area contributed by atoms with E-state index >= 15 is 0 Å². The number of benzene rings is 2. The number of carbonyl (C=O) groups excluding carboxylic acids is 1. The molecular weight excluding hydrogens is 382 g/mol. The molecule has 0 aliphatic heterocycles. The number of rotatable bonds is 7. The van der Waals surface area contributed by atoms with Crippen LogP contribution in [0.5, 0.6) is 0 Å². The van der Waals surface area contributed by atoms with Gasteiger partial charge in [0.25, 0.3) is 5.69 Å². The van der Waals surface area contributed by atoms with E-state index in [1.54, 1.807) is 10.7 Å². The first-order valence-corrected chi connectivity index (χ1v) is 9.64. The largest absolute Gasteiger partial charge is 0.322 e. The molecule has 3 rings (SSSR count). The maximum Gasteiger partial charge on any atom is 0.269 e. The summed E-state index contributed by atoms with van der Waals surface area (Å²) in [5.74, 6) is -0.173. The van der Waals surface area contributed by atoms with Crippen LogP contribution in [0.3, 0.4) is 0 Å². The van der Waals surface area contributed by atoms with E-state index in [1.807, 2.05) is 69.1 Å². The molecule has 0 bridgehead atoms. The molecule has 0 aliphatic rings. The van der Waals surface area contributed by atoms with E-state index in [1.165, 1.54) is 12.1 Å². The molecular formula is C22H25N5O3. The molecule has 0 fully saturated rings. The summed E-state index contributed by atoms with van der Waals surface area (Å²) in [5.41, 5.74) is 4.02. The van der Waals surface area contributed by atoms with Crippen molar-refractivity contribution in [3.8, 4) is 5.69 Å². The fraction of sp³-hybridized carbons (Fsp3) is 0.273. The number of nitro benzene ring substituents is 1. The minimum absolute atomic E-state index is 0.0387. The topological polar surface area (TPSA) is 93.3 Å². The summed E-state index contributed by atoms with van der Waals surface area (Å²) in [7, 11) is 1.82. The molecule has 1 N–H and O–H groups in total. The van der Waals surface area contributed by atoms with Crippen LogP contribution in [0.25, 0.3) is 5.69 Å². The van der Waals surface area contributed by atoms with Gasteiger partial charge in [0.1, 0.15) is 0 Å². The molecule has 0 unspecified atom stereocenters. The third-order valence-corrected chi connectivity index (χ3v) is 5.17. The summed E-state index contributed by atoms with van der Waals surface area (Å²) in [4.78, 5) is 25.1. The molecule has 2 aromatic carbocycles. The highest BCUT2D eigenvalue weighted by molar-refractivity contribution is 5.93. The fourth-order valence-corrected chi connectivity index (χ4v) is 3.34. The first kappa shape index (κ1) is 21.2. The normalized spacial score (nSPS) is 12.0. The number of nitrogens with zero attached hydrogens (tertiary/aromatic N) is 4. The lowest BCUT2D eigenvalue weighted by molar-refractivity contribution is -0.384. The number of aryl methyl sites for hydroxylation is 1. The molecule has 3 aromatic rings. The van der Waals surface area contributed by atoms with Crippen molar-refractivity contribution in [3.05, 3.63) is 81.7 Å². The zero-order chi connectivity index (χ0) is 21.8. The van der Waals surface area contributed by atoms with Crippen molar-refractivity contribution >= 4 is 17.3 Å². The molecule has 0 saturated carbocycles. The van der Waals surface area contributed by atoms with Gasteiger partial charge in [-0.25, -0.2) is 4.68 Å². The van der Waals surface area contributed by atoms with Gasteiger partial charge in [0, 0.05) is 18.2 Å². The predicted octanol–water partition coefficient (Wildman–Crippen LogP) is 4.03.